The average Bonchev–Trinajstić information content (AvgIpc) is 2.74. The minimum absolute atomic E-state index is 0.0425. The zero-order chi connectivity index (χ0) is 21.6. The van der Waals surface area contributed by atoms with Crippen LogP contribution in [-0.4, -0.2) is 24.0 Å². The van der Waals surface area contributed by atoms with E-state index >= 15 is 0 Å². The van der Waals surface area contributed by atoms with E-state index in [1.807, 2.05) is 30.3 Å². The highest BCUT2D eigenvalue weighted by Crippen LogP contribution is 2.58. The Morgan fingerprint density at radius 1 is 1.16 bits per heavy atom. The summed E-state index contributed by atoms with van der Waals surface area (Å²) in [6.07, 6.45) is 3.87. The maximum atomic E-state index is 13.8. The smallest absolute Gasteiger partial charge is 0.255 e. The third kappa shape index (κ3) is 3.38. The Hall–Kier alpha value is -2.89. The monoisotopic (exact) mass is 421 g/mol. The zero-order valence-corrected chi connectivity index (χ0v) is 17.7. The minimum Gasteiger partial charge on any atom is -0.362 e. The third-order valence-corrected chi connectivity index (χ3v) is 7.64. The molecule has 5 nitrogen and oxygen atoms in total. The van der Waals surface area contributed by atoms with Crippen LogP contribution < -0.4 is 16.0 Å². The second kappa shape index (κ2) is 7.36. The molecule has 3 fully saturated rings. The van der Waals surface area contributed by atoms with Crippen LogP contribution in [-0.2, 0) is 11.2 Å². The fourth-order valence-electron chi connectivity index (χ4n) is 6.00. The van der Waals surface area contributed by atoms with Crippen LogP contribution in [0.25, 0.3) is 0 Å². The molecule has 0 aromatic heterocycles. The number of hydrogen-bond donors (Lipinski definition) is 3. The number of anilines is 1. The first-order chi connectivity index (χ1) is 14.9. The number of amides is 2. The van der Waals surface area contributed by atoms with E-state index in [1.165, 1.54) is 6.07 Å². The second-order valence-electron chi connectivity index (χ2n) is 9.58. The Morgan fingerprint density at radius 3 is 2.74 bits per heavy atom. The maximum absolute atomic E-state index is 13.8. The van der Waals surface area contributed by atoms with Crippen molar-refractivity contribution >= 4 is 17.5 Å². The first kappa shape index (κ1) is 20.0. The summed E-state index contributed by atoms with van der Waals surface area (Å²) in [6.45, 7) is 2.59. The van der Waals surface area contributed by atoms with Gasteiger partial charge in [-0.2, -0.15) is 0 Å². The molecule has 6 heteroatoms. The number of fused-ring (bicyclic) bond motifs is 3. The molecule has 2 amide bonds. The largest absolute Gasteiger partial charge is 0.362 e. The Labute approximate surface area is 181 Å². The van der Waals surface area contributed by atoms with Crippen molar-refractivity contribution in [1.82, 2.24) is 10.6 Å². The molecule has 0 radical (unpaired) electrons. The topological polar surface area (TPSA) is 70.2 Å². The lowest BCUT2D eigenvalue weighted by Gasteiger charge is -2.60. The fraction of sp³-hybridized carbons (Fsp3) is 0.440. The van der Waals surface area contributed by atoms with Gasteiger partial charge in [0.1, 0.15) is 11.5 Å². The molecule has 2 bridgehead atoms. The van der Waals surface area contributed by atoms with E-state index in [-0.39, 0.29) is 34.9 Å². The van der Waals surface area contributed by atoms with Crippen LogP contribution in [0.15, 0.2) is 48.5 Å². The summed E-state index contributed by atoms with van der Waals surface area (Å²) in [5, 5.41) is 9.92. The van der Waals surface area contributed by atoms with Gasteiger partial charge in [0.2, 0.25) is 5.91 Å². The molecule has 4 atom stereocenters. The van der Waals surface area contributed by atoms with Crippen LogP contribution in [0.3, 0.4) is 0 Å². The van der Waals surface area contributed by atoms with Crippen LogP contribution in [0.5, 0.6) is 0 Å². The summed E-state index contributed by atoms with van der Waals surface area (Å²) in [7, 11) is 0. The van der Waals surface area contributed by atoms with Crippen molar-refractivity contribution in [3.63, 3.8) is 0 Å². The lowest BCUT2D eigenvalue weighted by molar-refractivity contribution is -0.139. The van der Waals surface area contributed by atoms with Crippen LogP contribution in [0.2, 0.25) is 0 Å². The maximum Gasteiger partial charge on any atom is 0.255 e. The molecule has 3 N–H and O–H groups in total. The van der Waals surface area contributed by atoms with Gasteiger partial charge >= 0.3 is 0 Å². The van der Waals surface area contributed by atoms with Crippen molar-refractivity contribution in [2.75, 3.05) is 11.9 Å². The standard InChI is InChI=1S/C25H28FN3O2/c1-24-12-10-17(25(15-24)28-21-9-5-3-7-18(21)22(30)29-25)14-19(24)23(31)27-13-11-16-6-2-4-8-20(16)26/h2-9,17,19,28H,10-15H2,1H3,(H,27,31)(H,29,30)/t17-,19-,24-,25+/m0/s1. The number of carbonyl (C=O) groups excluding carboxylic acids is 2. The number of benzene rings is 2. The summed E-state index contributed by atoms with van der Waals surface area (Å²) in [6, 6.07) is 14.3. The number of para-hydroxylation sites is 1. The molecule has 0 saturated heterocycles. The first-order valence-electron chi connectivity index (χ1n) is 11.1. The second-order valence-corrected chi connectivity index (χ2v) is 9.58. The number of nitrogens with one attached hydrogen (secondary N) is 3. The molecule has 4 aliphatic rings. The molecule has 162 valence electrons. The molecular formula is C25H28FN3O2. The van der Waals surface area contributed by atoms with Gasteiger partial charge in [-0.05, 0) is 61.3 Å². The molecule has 0 unspecified atom stereocenters. The highest BCUT2D eigenvalue weighted by Gasteiger charge is 2.60. The van der Waals surface area contributed by atoms with Gasteiger partial charge in [0.25, 0.3) is 5.91 Å². The summed E-state index contributed by atoms with van der Waals surface area (Å²) >= 11 is 0. The van der Waals surface area contributed by atoms with Gasteiger partial charge in [0.15, 0.2) is 0 Å². The number of rotatable bonds is 4. The summed E-state index contributed by atoms with van der Waals surface area (Å²) in [5.41, 5.74) is 1.45. The molecule has 3 saturated carbocycles. The van der Waals surface area contributed by atoms with Crippen LogP contribution >= 0.6 is 0 Å². The molecule has 6 rings (SSSR count). The number of carbonyl (C=O) groups is 2. The van der Waals surface area contributed by atoms with Gasteiger partial charge in [-0.15, -0.1) is 0 Å². The van der Waals surface area contributed by atoms with Crippen molar-refractivity contribution < 1.29 is 14.0 Å². The fourth-order valence-corrected chi connectivity index (χ4v) is 6.00. The molecule has 2 aromatic carbocycles. The zero-order valence-electron chi connectivity index (χ0n) is 17.7. The van der Waals surface area contributed by atoms with Gasteiger partial charge in [0.05, 0.1) is 5.56 Å². The van der Waals surface area contributed by atoms with E-state index in [0.29, 0.717) is 24.1 Å². The number of hydrogen-bond acceptors (Lipinski definition) is 3. The highest BCUT2D eigenvalue weighted by molar-refractivity contribution is 6.02. The minimum atomic E-state index is -0.498. The van der Waals surface area contributed by atoms with Gasteiger partial charge < -0.3 is 16.0 Å². The van der Waals surface area contributed by atoms with Crippen molar-refractivity contribution in [2.45, 2.75) is 44.7 Å². The SMILES string of the molecule is C[C@@]12CC[C@@H](C[C@H]1C(=O)NCCc1ccccc1F)[C@@]1(C2)NC(=O)c2ccccc2N1. The van der Waals surface area contributed by atoms with E-state index in [0.717, 1.165) is 31.4 Å². The molecule has 3 aliphatic carbocycles. The lowest BCUT2D eigenvalue weighted by Crippen LogP contribution is -2.70. The molecule has 1 heterocycles. The van der Waals surface area contributed by atoms with Gasteiger partial charge in [-0.25, -0.2) is 4.39 Å². The Kier molecular flexibility index (Phi) is 4.76. The van der Waals surface area contributed by atoms with E-state index in [9.17, 15) is 14.0 Å². The van der Waals surface area contributed by atoms with E-state index in [2.05, 4.69) is 22.9 Å². The quantitative estimate of drug-likeness (QED) is 0.702. The summed E-state index contributed by atoms with van der Waals surface area (Å²) in [5.74, 6) is -0.151. The van der Waals surface area contributed by atoms with Crippen molar-refractivity contribution in [2.24, 2.45) is 17.3 Å². The normalized spacial score (nSPS) is 31.0. The lowest BCUT2D eigenvalue weighted by atomic mass is 9.51. The predicted molar refractivity (Wildman–Crippen MR) is 117 cm³/mol. The predicted octanol–water partition coefficient (Wildman–Crippen LogP) is 3.86. The first-order valence-corrected chi connectivity index (χ1v) is 11.1. The molecule has 1 aliphatic heterocycles. The van der Waals surface area contributed by atoms with Crippen LogP contribution in [0.4, 0.5) is 10.1 Å². The molecule has 1 spiro atoms. The van der Waals surface area contributed by atoms with Gasteiger partial charge in [-0.3, -0.25) is 9.59 Å². The Bertz CT molecular complexity index is 1040. The molecular weight excluding hydrogens is 393 g/mol. The van der Waals surface area contributed by atoms with Gasteiger partial charge in [-0.1, -0.05) is 37.3 Å². The highest BCUT2D eigenvalue weighted by atomic mass is 19.1. The van der Waals surface area contributed by atoms with Crippen molar-refractivity contribution in [1.29, 1.82) is 0 Å². The van der Waals surface area contributed by atoms with Gasteiger partial charge in [0, 0.05) is 24.1 Å². The van der Waals surface area contributed by atoms with Crippen LogP contribution in [0, 0.1) is 23.1 Å². The van der Waals surface area contributed by atoms with Crippen LogP contribution in [0.1, 0.15) is 48.5 Å². The third-order valence-electron chi connectivity index (χ3n) is 7.64. The Balaban J connectivity index is 1.29. The Morgan fingerprint density at radius 2 is 1.94 bits per heavy atom. The molecule has 2 aromatic rings. The summed E-state index contributed by atoms with van der Waals surface area (Å²) in [4.78, 5) is 25.9. The van der Waals surface area contributed by atoms with E-state index < -0.39 is 5.66 Å². The molecule has 31 heavy (non-hydrogen) atoms. The van der Waals surface area contributed by atoms with E-state index in [1.54, 1.807) is 12.1 Å². The average molecular weight is 422 g/mol. The number of halogens is 1. The van der Waals surface area contributed by atoms with Crippen molar-refractivity contribution in [3.8, 4) is 0 Å². The van der Waals surface area contributed by atoms with E-state index in [4.69, 9.17) is 0 Å². The van der Waals surface area contributed by atoms with Crippen molar-refractivity contribution in [3.05, 3.63) is 65.5 Å². The summed E-state index contributed by atoms with van der Waals surface area (Å²) < 4.78 is 13.8.